The third kappa shape index (κ3) is 4.01. The number of rotatable bonds is 2. The summed E-state index contributed by atoms with van der Waals surface area (Å²) < 4.78 is 5.53. The molecule has 2 heterocycles. The molecule has 1 aromatic heterocycles. The van der Waals surface area contributed by atoms with Crippen LogP contribution in [-0.4, -0.2) is 34.7 Å². The van der Waals surface area contributed by atoms with Gasteiger partial charge in [0.1, 0.15) is 5.60 Å². The Morgan fingerprint density at radius 1 is 1.04 bits per heavy atom. The largest absolute Gasteiger partial charge is 0.444 e. The van der Waals surface area contributed by atoms with Gasteiger partial charge >= 0.3 is 6.09 Å². The van der Waals surface area contributed by atoms with Crippen molar-refractivity contribution in [2.24, 2.45) is 0 Å². The number of carbonyl (C=O) groups excluding carboxylic acids is 1. The molecule has 1 aliphatic heterocycles. The third-order valence-electron chi connectivity index (χ3n) is 4.90. The average molecular weight is 373 g/mol. The fourth-order valence-electron chi connectivity index (χ4n) is 3.58. The van der Waals surface area contributed by atoms with E-state index >= 15 is 0 Å². The van der Waals surface area contributed by atoms with E-state index in [-0.39, 0.29) is 11.5 Å². The zero-order valence-electron chi connectivity index (χ0n) is 15.5. The second kappa shape index (κ2) is 7.28. The van der Waals surface area contributed by atoms with Crippen molar-refractivity contribution in [2.75, 3.05) is 13.1 Å². The minimum Gasteiger partial charge on any atom is -0.444 e. The number of piperidine rings is 1. The number of aromatic nitrogens is 1. The first-order valence-corrected chi connectivity index (χ1v) is 9.32. The molecule has 0 unspecified atom stereocenters. The Morgan fingerprint density at radius 3 is 2.12 bits per heavy atom. The van der Waals surface area contributed by atoms with Crippen molar-refractivity contribution in [1.29, 1.82) is 0 Å². The Morgan fingerprint density at radius 2 is 1.58 bits per heavy atom. The van der Waals surface area contributed by atoms with Crippen molar-refractivity contribution >= 4 is 17.7 Å². The van der Waals surface area contributed by atoms with Crippen LogP contribution in [-0.2, 0) is 10.2 Å². The molecule has 0 saturated carbocycles. The van der Waals surface area contributed by atoms with Gasteiger partial charge in [-0.15, -0.1) is 0 Å². The van der Waals surface area contributed by atoms with Crippen LogP contribution >= 0.6 is 11.6 Å². The Bertz CT molecular complexity index is 746. The third-order valence-corrected chi connectivity index (χ3v) is 5.15. The summed E-state index contributed by atoms with van der Waals surface area (Å²) in [6, 6.07) is 12.2. The van der Waals surface area contributed by atoms with Gasteiger partial charge in [0.05, 0.1) is 0 Å². The van der Waals surface area contributed by atoms with Gasteiger partial charge in [0.2, 0.25) is 0 Å². The van der Waals surface area contributed by atoms with Crippen LogP contribution in [0.15, 0.2) is 48.8 Å². The molecular weight excluding hydrogens is 348 g/mol. The number of hydrogen-bond donors (Lipinski definition) is 0. The zero-order valence-corrected chi connectivity index (χ0v) is 16.3. The summed E-state index contributed by atoms with van der Waals surface area (Å²) in [5.41, 5.74) is 1.81. The van der Waals surface area contributed by atoms with E-state index in [1.807, 2.05) is 45.3 Å². The minimum atomic E-state index is -0.479. The molecule has 1 aromatic carbocycles. The number of amides is 1. The molecule has 0 atom stereocenters. The standard InChI is InChI=1S/C21H25ClN2O2/c1-20(2,3)26-19(25)24-14-10-21(11-15-24,17-8-12-23-13-9-17)16-4-6-18(22)7-5-16/h4-9,12-13H,10-11,14-15H2,1-3H3. The van der Waals surface area contributed by atoms with E-state index in [4.69, 9.17) is 16.3 Å². The molecule has 1 amide bonds. The van der Waals surface area contributed by atoms with E-state index in [1.54, 1.807) is 4.90 Å². The summed E-state index contributed by atoms with van der Waals surface area (Å²) in [6.45, 7) is 6.98. The highest BCUT2D eigenvalue weighted by Crippen LogP contribution is 2.42. The molecule has 5 heteroatoms. The van der Waals surface area contributed by atoms with Gasteiger partial charge in [-0.1, -0.05) is 23.7 Å². The van der Waals surface area contributed by atoms with Crippen LogP contribution in [0.3, 0.4) is 0 Å². The molecule has 1 saturated heterocycles. The van der Waals surface area contributed by atoms with Gasteiger partial charge < -0.3 is 9.64 Å². The van der Waals surface area contributed by atoms with Crippen LogP contribution < -0.4 is 0 Å². The van der Waals surface area contributed by atoms with Gasteiger partial charge in [-0.3, -0.25) is 4.98 Å². The van der Waals surface area contributed by atoms with Crippen molar-refractivity contribution in [2.45, 2.75) is 44.6 Å². The van der Waals surface area contributed by atoms with Crippen molar-refractivity contribution in [3.05, 3.63) is 64.9 Å². The lowest BCUT2D eigenvalue weighted by molar-refractivity contribution is 0.0180. The zero-order chi connectivity index (χ0) is 18.8. The quantitative estimate of drug-likeness (QED) is 0.740. The first kappa shape index (κ1) is 18.7. The molecule has 1 fully saturated rings. The van der Waals surface area contributed by atoms with E-state index in [0.29, 0.717) is 13.1 Å². The van der Waals surface area contributed by atoms with Crippen molar-refractivity contribution in [1.82, 2.24) is 9.88 Å². The molecule has 0 N–H and O–H groups in total. The van der Waals surface area contributed by atoms with Crippen LogP contribution in [0.5, 0.6) is 0 Å². The molecule has 2 aromatic rings. The SMILES string of the molecule is CC(C)(C)OC(=O)N1CCC(c2ccncc2)(c2ccc(Cl)cc2)CC1. The molecule has 0 radical (unpaired) electrons. The first-order chi connectivity index (χ1) is 12.3. The monoisotopic (exact) mass is 372 g/mol. The van der Waals surface area contributed by atoms with Crippen LogP contribution in [0.2, 0.25) is 5.02 Å². The van der Waals surface area contributed by atoms with E-state index < -0.39 is 5.60 Å². The fourth-order valence-corrected chi connectivity index (χ4v) is 3.71. The molecule has 0 bridgehead atoms. The Hall–Kier alpha value is -2.07. The molecule has 1 aliphatic rings. The fraction of sp³-hybridized carbons (Fsp3) is 0.429. The second-order valence-electron chi connectivity index (χ2n) is 7.79. The van der Waals surface area contributed by atoms with Gasteiger partial charge in [0.15, 0.2) is 0 Å². The second-order valence-corrected chi connectivity index (χ2v) is 8.23. The molecule has 138 valence electrons. The minimum absolute atomic E-state index is 0.147. The summed E-state index contributed by atoms with van der Waals surface area (Å²) in [5.74, 6) is 0. The molecule has 0 spiro atoms. The summed E-state index contributed by atoms with van der Waals surface area (Å²) in [6.07, 6.45) is 5.08. The van der Waals surface area contributed by atoms with E-state index in [2.05, 4.69) is 29.2 Å². The molecule has 3 rings (SSSR count). The van der Waals surface area contributed by atoms with E-state index in [0.717, 1.165) is 17.9 Å². The number of nitrogens with zero attached hydrogens (tertiary/aromatic N) is 2. The van der Waals surface area contributed by atoms with Gasteiger partial charge in [-0.25, -0.2) is 4.79 Å². The highest BCUT2D eigenvalue weighted by molar-refractivity contribution is 6.30. The Kier molecular flexibility index (Phi) is 5.24. The molecule has 26 heavy (non-hydrogen) atoms. The number of benzene rings is 1. The number of ether oxygens (including phenoxy) is 1. The Labute approximate surface area is 160 Å². The lowest BCUT2D eigenvalue weighted by atomic mass is 9.68. The first-order valence-electron chi connectivity index (χ1n) is 8.95. The number of halogens is 1. The van der Waals surface area contributed by atoms with Gasteiger partial charge in [0.25, 0.3) is 0 Å². The van der Waals surface area contributed by atoms with Gasteiger partial charge in [-0.05, 0) is 69.0 Å². The maximum atomic E-state index is 12.4. The van der Waals surface area contributed by atoms with Crippen LogP contribution in [0.25, 0.3) is 0 Å². The topological polar surface area (TPSA) is 42.4 Å². The van der Waals surface area contributed by atoms with E-state index in [1.165, 1.54) is 11.1 Å². The smallest absolute Gasteiger partial charge is 0.410 e. The van der Waals surface area contributed by atoms with Crippen molar-refractivity contribution in [3.63, 3.8) is 0 Å². The summed E-state index contributed by atoms with van der Waals surface area (Å²) in [7, 11) is 0. The maximum Gasteiger partial charge on any atom is 0.410 e. The lowest BCUT2D eigenvalue weighted by Crippen LogP contribution is -2.47. The maximum absolute atomic E-state index is 12.4. The van der Waals surface area contributed by atoms with Gasteiger partial charge in [-0.2, -0.15) is 0 Å². The predicted molar refractivity (Wildman–Crippen MR) is 104 cm³/mol. The van der Waals surface area contributed by atoms with E-state index in [9.17, 15) is 4.79 Å². The summed E-state index contributed by atoms with van der Waals surface area (Å²) in [5, 5.41) is 0.727. The predicted octanol–water partition coefficient (Wildman–Crippen LogP) is 5.05. The van der Waals surface area contributed by atoms with Crippen LogP contribution in [0.4, 0.5) is 4.79 Å². The molecule has 0 aliphatic carbocycles. The van der Waals surface area contributed by atoms with Crippen LogP contribution in [0, 0.1) is 0 Å². The molecule has 4 nitrogen and oxygen atoms in total. The Balaban J connectivity index is 1.86. The normalized spacial score (nSPS) is 17.0. The molecular formula is C21H25ClN2O2. The number of pyridine rings is 1. The lowest BCUT2D eigenvalue weighted by Gasteiger charge is -2.43. The van der Waals surface area contributed by atoms with Crippen molar-refractivity contribution < 1.29 is 9.53 Å². The number of carbonyl (C=O) groups is 1. The average Bonchev–Trinajstić information content (AvgIpc) is 2.62. The summed E-state index contributed by atoms with van der Waals surface area (Å²) >= 11 is 6.09. The summed E-state index contributed by atoms with van der Waals surface area (Å²) in [4.78, 5) is 18.4. The van der Waals surface area contributed by atoms with Crippen LogP contribution in [0.1, 0.15) is 44.7 Å². The highest BCUT2D eigenvalue weighted by Gasteiger charge is 2.39. The van der Waals surface area contributed by atoms with Gasteiger partial charge in [0, 0.05) is 35.9 Å². The highest BCUT2D eigenvalue weighted by atomic mass is 35.5. The number of likely N-dealkylation sites (tertiary alicyclic amines) is 1. The van der Waals surface area contributed by atoms with Crippen molar-refractivity contribution in [3.8, 4) is 0 Å². The number of hydrogen-bond acceptors (Lipinski definition) is 3.